The Labute approximate surface area is 82.6 Å². The monoisotopic (exact) mass is 276 g/mol. The predicted octanol–water partition coefficient (Wildman–Crippen LogP) is -0.598. The second kappa shape index (κ2) is 15.8. The molecule has 8 heavy (non-hydrogen) atoms. The molecule has 0 saturated heterocycles. The van der Waals surface area contributed by atoms with Gasteiger partial charge in [0.25, 0.3) is 0 Å². The first-order valence-electron chi connectivity index (χ1n) is 2.71. The molecule has 46 valence electrons. The first kappa shape index (κ1) is 16.2. The Balaban J connectivity index is -0.000000125. The molecule has 0 aliphatic carbocycles. The van der Waals surface area contributed by atoms with Crippen LogP contribution in [0.15, 0.2) is 0 Å². The zero-order chi connectivity index (χ0) is 4.83. The maximum Gasteiger partial charge on any atom is 2.00 e. The van der Waals surface area contributed by atoms with Gasteiger partial charge in [0.1, 0.15) is 0 Å². The third-order valence-corrected chi connectivity index (χ3v) is 0.854. The van der Waals surface area contributed by atoms with Crippen molar-refractivity contribution in [2.45, 2.75) is 32.6 Å². The standard InChI is InChI=1S/C6H13.HI.Zn/c1-3-5-6-4-2;;/h1,3-6H2,2H3;1H;/q-1;;+2/p-1. The van der Waals surface area contributed by atoms with Crippen molar-refractivity contribution < 1.29 is 43.5 Å². The molecule has 0 aromatic heterocycles. The summed E-state index contributed by atoms with van der Waals surface area (Å²) in [6.07, 6.45) is 5.07. The molecule has 0 radical (unpaired) electrons. The SMILES string of the molecule is [CH2-]CCCCC.[I-].[Zn+2]. The van der Waals surface area contributed by atoms with E-state index in [0.717, 1.165) is 6.42 Å². The van der Waals surface area contributed by atoms with Gasteiger partial charge in [-0.15, -0.1) is 0 Å². The molecule has 2 heteroatoms. The Morgan fingerprint density at radius 2 is 1.75 bits per heavy atom. The summed E-state index contributed by atoms with van der Waals surface area (Å²) >= 11 is 0. The van der Waals surface area contributed by atoms with E-state index in [1.807, 2.05) is 0 Å². The van der Waals surface area contributed by atoms with Crippen LogP contribution in [-0.2, 0) is 19.5 Å². The predicted molar refractivity (Wildman–Crippen MR) is 29.5 cm³/mol. The van der Waals surface area contributed by atoms with E-state index < -0.39 is 0 Å². The molecule has 0 bridgehead atoms. The summed E-state index contributed by atoms with van der Waals surface area (Å²) in [5.74, 6) is 0. The number of hydrogen-bond acceptors (Lipinski definition) is 0. The summed E-state index contributed by atoms with van der Waals surface area (Å²) in [7, 11) is 0. The summed E-state index contributed by atoms with van der Waals surface area (Å²) in [5.41, 5.74) is 0. The van der Waals surface area contributed by atoms with Gasteiger partial charge in [0, 0.05) is 0 Å². The van der Waals surface area contributed by atoms with Crippen molar-refractivity contribution >= 4 is 0 Å². The van der Waals surface area contributed by atoms with Gasteiger partial charge in [0.05, 0.1) is 0 Å². The average molecular weight is 277 g/mol. The molecule has 0 atom stereocenters. The third kappa shape index (κ3) is 15.7. The van der Waals surface area contributed by atoms with Gasteiger partial charge in [0.15, 0.2) is 0 Å². The quantitative estimate of drug-likeness (QED) is 0.280. The van der Waals surface area contributed by atoms with Gasteiger partial charge < -0.3 is 30.9 Å². The van der Waals surface area contributed by atoms with E-state index in [1.165, 1.54) is 19.3 Å². The van der Waals surface area contributed by atoms with Crippen LogP contribution in [0.5, 0.6) is 0 Å². The Kier molecular flexibility index (Phi) is 31.9. The van der Waals surface area contributed by atoms with Crippen molar-refractivity contribution in [2.24, 2.45) is 0 Å². The van der Waals surface area contributed by atoms with Gasteiger partial charge in [-0.3, -0.25) is 0 Å². The van der Waals surface area contributed by atoms with Crippen LogP contribution in [0.4, 0.5) is 0 Å². The second-order valence-electron chi connectivity index (χ2n) is 1.56. The van der Waals surface area contributed by atoms with Crippen LogP contribution in [0.1, 0.15) is 32.6 Å². The second-order valence-corrected chi connectivity index (χ2v) is 1.56. The van der Waals surface area contributed by atoms with Gasteiger partial charge in [-0.25, -0.2) is 0 Å². The van der Waals surface area contributed by atoms with Crippen LogP contribution in [0.2, 0.25) is 0 Å². The van der Waals surface area contributed by atoms with Gasteiger partial charge in [-0.2, -0.15) is 6.42 Å². The zero-order valence-electron chi connectivity index (χ0n) is 5.62. The molecule has 0 rings (SSSR count). The van der Waals surface area contributed by atoms with Crippen molar-refractivity contribution in [3.05, 3.63) is 6.92 Å². The first-order valence-corrected chi connectivity index (χ1v) is 2.71. The third-order valence-electron chi connectivity index (χ3n) is 0.854. The van der Waals surface area contributed by atoms with Crippen LogP contribution >= 0.6 is 0 Å². The molecule has 0 aromatic rings. The van der Waals surface area contributed by atoms with Crippen LogP contribution < -0.4 is 24.0 Å². The summed E-state index contributed by atoms with van der Waals surface area (Å²) in [6.45, 7) is 5.93. The molecule has 0 spiro atoms. The number of unbranched alkanes of at least 4 members (excludes halogenated alkanes) is 3. The number of rotatable bonds is 3. The van der Waals surface area contributed by atoms with Gasteiger partial charge in [0.2, 0.25) is 0 Å². The van der Waals surface area contributed by atoms with E-state index in [2.05, 4.69) is 13.8 Å². The molecule has 0 aliphatic rings. The fourth-order valence-electron chi connectivity index (χ4n) is 0.427. The van der Waals surface area contributed by atoms with E-state index in [-0.39, 0.29) is 43.5 Å². The van der Waals surface area contributed by atoms with Crippen molar-refractivity contribution in [1.82, 2.24) is 0 Å². The van der Waals surface area contributed by atoms with E-state index in [0.29, 0.717) is 0 Å². The van der Waals surface area contributed by atoms with Crippen LogP contribution in [0.25, 0.3) is 0 Å². The molecule has 0 aliphatic heterocycles. The Hall–Kier alpha value is 1.35. The minimum Gasteiger partial charge on any atom is -1.00 e. The fourth-order valence-corrected chi connectivity index (χ4v) is 0.427. The Morgan fingerprint density at radius 3 is 1.88 bits per heavy atom. The molecule has 0 fully saturated rings. The molecule has 0 saturated carbocycles. The van der Waals surface area contributed by atoms with E-state index >= 15 is 0 Å². The number of hydrogen-bond donors (Lipinski definition) is 0. The molecule has 0 nitrogen and oxygen atoms in total. The summed E-state index contributed by atoms with van der Waals surface area (Å²) in [4.78, 5) is 0. The summed E-state index contributed by atoms with van der Waals surface area (Å²) in [6, 6.07) is 0. The van der Waals surface area contributed by atoms with Crippen molar-refractivity contribution in [3.63, 3.8) is 0 Å². The topological polar surface area (TPSA) is 0 Å². The van der Waals surface area contributed by atoms with Gasteiger partial charge in [-0.05, 0) is 0 Å². The van der Waals surface area contributed by atoms with Gasteiger partial charge >= 0.3 is 19.5 Å². The molecular weight excluding hydrogens is 264 g/mol. The molecule has 0 aromatic carbocycles. The van der Waals surface area contributed by atoms with Crippen LogP contribution in [-0.4, -0.2) is 0 Å². The Morgan fingerprint density at radius 1 is 1.25 bits per heavy atom. The minimum atomic E-state index is 0. The van der Waals surface area contributed by atoms with Crippen molar-refractivity contribution in [1.29, 1.82) is 0 Å². The average Bonchev–Trinajstić information content (AvgIpc) is 1.61. The molecule has 0 amide bonds. The maximum absolute atomic E-state index is 3.72. The molecule has 0 unspecified atom stereocenters. The van der Waals surface area contributed by atoms with E-state index in [9.17, 15) is 0 Å². The zero-order valence-corrected chi connectivity index (χ0v) is 10.7. The molecular formula is C6H13IZn. The Bertz CT molecular complexity index is 20.5. The largest absolute Gasteiger partial charge is 2.00 e. The first-order chi connectivity index (χ1) is 2.91. The smallest absolute Gasteiger partial charge is 1.00 e. The van der Waals surface area contributed by atoms with E-state index in [4.69, 9.17) is 0 Å². The van der Waals surface area contributed by atoms with Crippen molar-refractivity contribution in [2.75, 3.05) is 0 Å². The minimum absolute atomic E-state index is 0. The fraction of sp³-hybridized carbons (Fsp3) is 0.833. The normalized spacial score (nSPS) is 6.75. The van der Waals surface area contributed by atoms with Crippen LogP contribution in [0, 0.1) is 6.92 Å². The van der Waals surface area contributed by atoms with Crippen molar-refractivity contribution in [3.8, 4) is 0 Å². The maximum atomic E-state index is 3.72. The number of halogens is 1. The molecule has 0 N–H and O–H groups in total. The summed E-state index contributed by atoms with van der Waals surface area (Å²) < 4.78 is 0. The van der Waals surface area contributed by atoms with E-state index in [1.54, 1.807) is 0 Å². The van der Waals surface area contributed by atoms with Crippen LogP contribution in [0.3, 0.4) is 0 Å². The molecule has 0 heterocycles. The summed E-state index contributed by atoms with van der Waals surface area (Å²) in [5, 5.41) is 0. The van der Waals surface area contributed by atoms with Gasteiger partial charge in [-0.1, -0.05) is 26.2 Å².